The summed E-state index contributed by atoms with van der Waals surface area (Å²) in [4.78, 5) is 11.1. The predicted octanol–water partition coefficient (Wildman–Crippen LogP) is 3.14. The Labute approximate surface area is 95.4 Å². The SMILES string of the molecule is CCC(=O)CCCc1ccc(OC)c(F)c1. The standard InChI is InChI=1S/C13H17FO2/c1-3-11(15)6-4-5-10-7-8-13(16-2)12(14)9-10/h7-9H,3-6H2,1-2H3. The van der Waals surface area contributed by atoms with Crippen molar-refractivity contribution in [1.29, 1.82) is 0 Å². The minimum absolute atomic E-state index is 0.258. The molecule has 0 amide bonds. The molecule has 0 bridgehead atoms. The van der Waals surface area contributed by atoms with E-state index in [9.17, 15) is 9.18 Å². The van der Waals surface area contributed by atoms with Crippen LogP contribution in [-0.2, 0) is 11.2 Å². The number of carbonyl (C=O) groups is 1. The summed E-state index contributed by atoms with van der Waals surface area (Å²) in [5.41, 5.74) is 0.905. The molecule has 16 heavy (non-hydrogen) atoms. The Morgan fingerprint density at radius 2 is 2.19 bits per heavy atom. The van der Waals surface area contributed by atoms with E-state index in [1.807, 2.05) is 13.0 Å². The Morgan fingerprint density at radius 1 is 1.44 bits per heavy atom. The third-order valence-electron chi connectivity index (χ3n) is 2.53. The van der Waals surface area contributed by atoms with Gasteiger partial charge in [-0.2, -0.15) is 0 Å². The van der Waals surface area contributed by atoms with Crippen LogP contribution >= 0.6 is 0 Å². The number of hydrogen-bond donors (Lipinski definition) is 0. The summed E-state index contributed by atoms with van der Waals surface area (Å²) in [5, 5.41) is 0. The molecule has 0 fully saturated rings. The van der Waals surface area contributed by atoms with Crippen molar-refractivity contribution in [2.24, 2.45) is 0 Å². The molecule has 0 unspecified atom stereocenters. The molecule has 0 N–H and O–H groups in total. The van der Waals surface area contributed by atoms with Gasteiger partial charge < -0.3 is 4.74 Å². The Bertz CT molecular complexity index is 361. The highest BCUT2D eigenvalue weighted by Crippen LogP contribution is 2.18. The maximum Gasteiger partial charge on any atom is 0.165 e. The molecule has 2 nitrogen and oxygen atoms in total. The first kappa shape index (κ1) is 12.7. The van der Waals surface area contributed by atoms with Crippen molar-refractivity contribution < 1.29 is 13.9 Å². The van der Waals surface area contributed by atoms with Crippen LogP contribution in [0.15, 0.2) is 18.2 Å². The summed E-state index contributed by atoms with van der Waals surface area (Å²) in [6, 6.07) is 4.92. The van der Waals surface area contributed by atoms with Crippen LogP contribution in [0.4, 0.5) is 4.39 Å². The van der Waals surface area contributed by atoms with Crippen molar-refractivity contribution in [1.82, 2.24) is 0 Å². The average Bonchev–Trinajstić information content (AvgIpc) is 2.29. The monoisotopic (exact) mass is 224 g/mol. The smallest absolute Gasteiger partial charge is 0.165 e. The maximum absolute atomic E-state index is 13.3. The molecule has 1 rings (SSSR count). The van der Waals surface area contributed by atoms with E-state index >= 15 is 0 Å². The Kier molecular flexibility index (Phi) is 4.96. The number of methoxy groups -OCH3 is 1. The molecule has 1 aromatic carbocycles. The maximum atomic E-state index is 13.3. The summed E-state index contributed by atoms with van der Waals surface area (Å²) >= 11 is 0. The minimum atomic E-state index is -0.346. The van der Waals surface area contributed by atoms with Crippen molar-refractivity contribution in [2.45, 2.75) is 32.6 Å². The number of rotatable bonds is 6. The Balaban J connectivity index is 2.49. The van der Waals surface area contributed by atoms with Crippen LogP contribution in [0.1, 0.15) is 31.7 Å². The second kappa shape index (κ2) is 6.26. The summed E-state index contributed by atoms with van der Waals surface area (Å²) < 4.78 is 18.1. The van der Waals surface area contributed by atoms with Crippen LogP contribution in [0.3, 0.4) is 0 Å². The fraction of sp³-hybridized carbons (Fsp3) is 0.462. The number of benzene rings is 1. The van der Waals surface area contributed by atoms with Gasteiger partial charge in [-0.3, -0.25) is 4.79 Å². The first-order valence-electron chi connectivity index (χ1n) is 5.51. The largest absolute Gasteiger partial charge is 0.494 e. The van der Waals surface area contributed by atoms with Gasteiger partial charge in [0.05, 0.1) is 7.11 Å². The highest BCUT2D eigenvalue weighted by atomic mass is 19.1. The van der Waals surface area contributed by atoms with E-state index in [1.54, 1.807) is 6.07 Å². The lowest BCUT2D eigenvalue weighted by Gasteiger charge is -2.04. The zero-order chi connectivity index (χ0) is 12.0. The third-order valence-corrected chi connectivity index (χ3v) is 2.53. The summed E-state index contributed by atoms with van der Waals surface area (Å²) in [6.07, 6.45) is 2.66. The van der Waals surface area contributed by atoms with Gasteiger partial charge in [0.1, 0.15) is 5.78 Å². The number of halogens is 1. The lowest BCUT2D eigenvalue weighted by molar-refractivity contribution is -0.118. The molecule has 88 valence electrons. The predicted molar refractivity (Wildman–Crippen MR) is 61.2 cm³/mol. The van der Waals surface area contributed by atoms with Crippen LogP contribution in [0, 0.1) is 5.82 Å². The van der Waals surface area contributed by atoms with Gasteiger partial charge in [-0.1, -0.05) is 13.0 Å². The normalized spacial score (nSPS) is 10.2. The number of ketones is 1. The summed E-state index contributed by atoms with van der Waals surface area (Å²) in [7, 11) is 1.44. The van der Waals surface area contributed by atoms with Crippen molar-refractivity contribution in [3.05, 3.63) is 29.6 Å². The molecular weight excluding hydrogens is 207 g/mol. The third kappa shape index (κ3) is 3.65. The molecule has 0 radical (unpaired) electrons. The molecule has 0 saturated carbocycles. The molecule has 0 heterocycles. The molecular formula is C13H17FO2. The molecule has 0 spiro atoms. The van der Waals surface area contributed by atoms with Crippen LogP contribution in [-0.4, -0.2) is 12.9 Å². The van der Waals surface area contributed by atoms with Gasteiger partial charge in [-0.15, -0.1) is 0 Å². The number of hydrogen-bond acceptors (Lipinski definition) is 2. The quantitative estimate of drug-likeness (QED) is 0.742. The van der Waals surface area contributed by atoms with Crippen LogP contribution < -0.4 is 4.74 Å². The molecule has 0 aliphatic heterocycles. The average molecular weight is 224 g/mol. The highest BCUT2D eigenvalue weighted by Gasteiger charge is 2.04. The zero-order valence-electron chi connectivity index (χ0n) is 9.75. The number of carbonyl (C=O) groups excluding carboxylic acids is 1. The van der Waals surface area contributed by atoms with Crippen molar-refractivity contribution >= 4 is 5.78 Å². The highest BCUT2D eigenvalue weighted by molar-refractivity contribution is 5.77. The van der Waals surface area contributed by atoms with E-state index in [1.165, 1.54) is 13.2 Å². The molecule has 3 heteroatoms. The van der Waals surface area contributed by atoms with Crippen molar-refractivity contribution in [3.63, 3.8) is 0 Å². The van der Waals surface area contributed by atoms with Gasteiger partial charge in [-0.25, -0.2) is 4.39 Å². The Morgan fingerprint density at radius 3 is 2.75 bits per heavy atom. The van der Waals surface area contributed by atoms with Crippen LogP contribution in [0.2, 0.25) is 0 Å². The van der Waals surface area contributed by atoms with Gasteiger partial charge >= 0.3 is 0 Å². The first-order chi connectivity index (χ1) is 7.67. The zero-order valence-corrected chi connectivity index (χ0v) is 9.75. The summed E-state index contributed by atoms with van der Waals surface area (Å²) in [6.45, 7) is 1.86. The van der Waals surface area contributed by atoms with Gasteiger partial charge in [-0.05, 0) is 30.5 Å². The van der Waals surface area contributed by atoms with E-state index in [4.69, 9.17) is 4.74 Å². The van der Waals surface area contributed by atoms with Gasteiger partial charge in [0, 0.05) is 12.8 Å². The molecule has 0 saturated heterocycles. The number of ether oxygens (including phenoxy) is 1. The molecule has 1 aromatic rings. The second-order valence-corrected chi connectivity index (χ2v) is 3.71. The van der Waals surface area contributed by atoms with E-state index in [0.717, 1.165) is 18.4 Å². The van der Waals surface area contributed by atoms with Gasteiger partial charge in [0.15, 0.2) is 11.6 Å². The molecule has 0 aliphatic carbocycles. The van der Waals surface area contributed by atoms with Gasteiger partial charge in [0.2, 0.25) is 0 Å². The first-order valence-corrected chi connectivity index (χ1v) is 5.51. The van der Waals surface area contributed by atoms with Gasteiger partial charge in [0.25, 0.3) is 0 Å². The second-order valence-electron chi connectivity index (χ2n) is 3.71. The Hall–Kier alpha value is -1.38. The number of Topliss-reactive ketones (excluding diaryl/α,β-unsaturated/α-hetero) is 1. The number of aryl methyl sites for hydroxylation is 1. The fourth-order valence-corrected chi connectivity index (χ4v) is 1.53. The van der Waals surface area contributed by atoms with Crippen molar-refractivity contribution in [3.8, 4) is 5.75 Å². The molecule has 0 aliphatic rings. The van der Waals surface area contributed by atoms with Crippen molar-refractivity contribution in [2.75, 3.05) is 7.11 Å². The van der Waals surface area contributed by atoms with E-state index < -0.39 is 0 Å². The fourth-order valence-electron chi connectivity index (χ4n) is 1.53. The van der Waals surface area contributed by atoms with E-state index in [2.05, 4.69) is 0 Å². The molecule has 0 atom stereocenters. The van der Waals surface area contributed by atoms with Crippen LogP contribution in [0.5, 0.6) is 5.75 Å². The van der Waals surface area contributed by atoms with Crippen LogP contribution in [0.25, 0.3) is 0 Å². The lowest BCUT2D eigenvalue weighted by atomic mass is 10.1. The van der Waals surface area contributed by atoms with E-state index in [-0.39, 0.29) is 17.3 Å². The topological polar surface area (TPSA) is 26.3 Å². The lowest BCUT2D eigenvalue weighted by Crippen LogP contribution is -1.97. The van der Waals surface area contributed by atoms with E-state index in [0.29, 0.717) is 12.8 Å². The molecule has 0 aromatic heterocycles. The minimum Gasteiger partial charge on any atom is -0.494 e. The summed E-state index contributed by atoms with van der Waals surface area (Å²) in [5.74, 6) is 0.171.